The van der Waals surface area contributed by atoms with Crippen molar-refractivity contribution in [3.8, 4) is 5.69 Å². The van der Waals surface area contributed by atoms with Crippen LogP contribution in [0.25, 0.3) is 22.2 Å². The highest BCUT2D eigenvalue weighted by atomic mass is 79.9. The highest BCUT2D eigenvalue weighted by Gasteiger charge is 2.35. The fourth-order valence-electron chi connectivity index (χ4n) is 5.96. The van der Waals surface area contributed by atoms with E-state index in [9.17, 15) is 22.8 Å². The van der Waals surface area contributed by atoms with Crippen LogP contribution >= 0.6 is 15.9 Å². The fourth-order valence-corrected chi connectivity index (χ4v) is 6.43. The number of anilines is 1. The SMILES string of the molecule is CNc1n[nH]c2cc(-n3c(=O)c4c(n5ncc(Cc6ccccc6)c35)CN(C(=O)c3ccc(Br)c(C(F)(F)F)c3)CC4)ccc12. The Morgan fingerprint density at radius 3 is 2.64 bits per heavy atom. The first-order chi connectivity index (χ1) is 21.6. The Hall–Kier alpha value is -4.91. The topological polar surface area (TPSA) is 100 Å². The van der Waals surface area contributed by atoms with Gasteiger partial charge in [0, 0.05) is 46.6 Å². The average molecular weight is 676 g/mol. The van der Waals surface area contributed by atoms with Gasteiger partial charge < -0.3 is 10.2 Å². The maximum Gasteiger partial charge on any atom is 0.417 e. The van der Waals surface area contributed by atoms with E-state index in [0.717, 1.165) is 28.1 Å². The van der Waals surface area contributed by atoms with E-state index < -0.39 is 17.6 Å². The summed E-state index contributed by atoms with van der Waals surface area (Å²) in [5.41, 5.74) is 3.51. The molecular weight excluding hydrogens is 651 g/mol. The molecule has 7 rings (SSSR count). The maximum absolute atomic E-state index is 14.3. The molecule has 1 aliphatic rings. The number of hydrogen-bond acceptors (Lipinski definition) is 5. The lowest BCUT2D eigenvalue weighted by Gasteiger charge is -2.30. The molecule has 13 heteroatoms. The number of carbonyl (C=O) groups excluding carboxylic acids is 1. The van der Waals surface area contributed by atoms with Gasteiger partial charge in [0.2, 0.25) is 0 Å². The van der Waals surface area contributed by atoms with Crippen molar-refractivity contribution in [1.82, 2.24) is 29.3 Å². The summed E-state index contributed by atoms with van der Waals surface area (Å²) >= 11 is 2.94. The smallest absolute Gasteiger partial charge is 0.371 e. The van der Waals surface area contributed by atoms with Gasteiger partial charge in [-0.15, -0.1) is 0 Å². The van der Waals surface area contributed by atoms with Crippen LogP contribution in [-0.2, 0) is 25.6 Å². The van der Waals surface area contributed by atoms with Crippen molar-refractivity contribution < 1.29 is 18.0 Å². The van der Waals surface area contributed by atoms with E-state index >= 15 is 0 Å². The fraction of sp³-hybridized carbons (Fsp3) is 0.188. The second-order valence-corrected chi connectivity index (χ2v) is 11.7. The Bertz CT molecular complexity index is 2170. The molecule has 4 heterocycles. The number of alkyl halides is 3. The number of benzene rings is 3. The summed E-state index contributed by atoms with van der Waals surface area (Å²) in [7, 11) is 1.78. The van der Waals surface area contributed by atoms with E-state index in [1.807, 2.05) is 48.5 Å². The Labute approximate surface area is 262 Å². The molecule has 0 radical (unpaired) electrons. The average Bonchev–Trinajstić information content (AvgIpc) is 3.64. The zero-order chi connectivity index (χ0) is 31.5. The van der Waals surface area contributed by atoms with Crippen molar-refractivity contribution in [1.29, 1.82) is 0 Å². The van der Waals surface area contributed by atoms with Crippen molar-refractivity contribution in [2.45, 2.75) is 25.6 Å². The van der Waals surface area contributed by atoms with Crippen LogP contribution in [0.1, 0.15) is 38.3 Å². The summed E-state index contributed by atoms with van der Waals surface area (Å²) < 4.78 is 43.9. The van der Waals surface area contributed by atoms with Crippen LogP contribution in [0.5, 0.6) is 0 Å². The molecule has 1 amide bonds. The predicted octanol–water partition coefficient (Wildman–Crippen LogP) is 5.97. The van der Waals surface area contributed by atoms with Gasteiger partial charge in [-0.2, -0.15) is 23.4 Å². The first-order valence-electron chi connectivity index (χ1n) is 14.1. The minimum atomic E-state index is -4.63. The number of halogens is 4. The molecular formula is C32H25BrF3N7O2. The van der Waals surface area contributed by atoms with Gasteiger partial charge in [0.1, 0.15) is 5.65 Å². The predicted molar refractivity (Wildman–Crippen MR) is 167 cm³/mol. The second-order valence-electron chi connectivity index (χ2n) is 10.9. The van der Waals surface area contributed by atoms with Gasteiger partial charge in [-0.25, -0.2) is 4.52 Å². The monoisotopic (exact) mass is 675 g/mol. The first kappa shape index (κ1) is 28.8. The number of aromatic nitrogens is 5. The quantitative estimate of drug-likeness (QED) is 0.234. The van der Waals surface area contributed by atoms with Gasteiger partial charge in [-0.3, -0.25) is 19.3 Å². The molecule has 0 saturated carbocycles. The molecule has 0 bridgehead atoms. The Kier molecular flexibility index (Phi) is 6.99. The van der Waals surface area contributed by atoms with Gasteiger partial charge in [-0.1, -0.05) is 46.3 Å². The van der Waals surface area contributed by atoms with Crippen LogP contribution in [0.2, 0.25) is 0 Å². The molecule has 0 aliphatic carbocycles. The molecule has 0 unspecified atom stereocenters. The Morgan fingerprint density at radius 1 is 1.09 bits per heavy atom. The van der Waals surface area contributed by atoms with Crippen LogP contribution in [0.3, 0.4) is 0 Å². The summed E-state index contributed by atoms with van der Waals surface area (Å²) in [6.45, 7) is 0.170. The number of amides is 1. The number of fused-ring (bicyclic) bond motifs is 4. The van der Waals surface area contributed by atoms with Crippen molar-refractivity contribution in [2.24, 2.45) is 0 Å². The van der Waals surface area contributed by atoms with Crippen molar-refractivity contribution in [3.05, 3.63) is 121 Å². The minimum Gasteiger partial charge on any atom is -0.371 e. The minimum absolute atomic E-state index is 0.00965. The van der Waals surface area contributed by atoms with Crippen LogP contribution < -0.4 is 10.9 Å². The number of aromatic amines is 1. The lowest BCUT2D eigenvalue weighted by atomic mass is 10.0. The number of H-pyrrole nitrogens is 1. The van der Waals surface area contributed by atoms with E-state index in [2.05, 4.69) is 31.4 Å². The third-order valence-electron chi connectivity index (χ3n) is 8.15. The molecule has 0 saturated heterocycles. The van der Waals surface area contributed by atoms with Gasteiger partial charge in [0.25, 0.3) is 11.5 Å². The highest BCUT2D eigenvalue weighted by Crippen LogP contribution is 2.36. The molecule has 0 atom stereocenters. The molecule has 3 aromatic heterocycles. The van der Waals surface area contributed by atoms with Gasteiger partial charge in [0.15, 0.2) is 5.82 Å². The van der Waals surface area contributed by atoms with Gasteiger partial charge in [0.05, 0.1) is 35.2 Å². The highest BCUT2D eigenvalue weighted by molar-refractivity contribution is 9.10. The number of rotatable bonds is 5. The Balaban J connectivity index is 1.36. The number of carbonyl (C=O) groups is 1. The van der Waals surface area contributed by atoms with Crippen LogP contribution in [0, 0.1) is 0 Å². The second kappa shape index (κ2) is 10.9. The zero-order valence-corrected chi connectivity index (χ0v) is 25.4. The molecule has 2 N–H and O–H groups in total. The Morgan fingerprint density at radius 2 is 1.89 bits per heavy atom. The molecule has 0 spiro atoms. The summed E-state index contributed by atoms with van der Waals surface area (Å²) in [6.07, 6.45) is -2.19. The van der Waals surface area contributed by atoms with Crippen LogP contribution in [-0.4, -0.2) is 48.8 Å². The molecule has 45 heavy (non-hydrogen) atoms. The molecule has 228 valence electrons. The lowest BCUT2D eigenvalue weighted by Crippen LogP contribution is -2.41. The van der Waals surface area contributed by atoms with Crippen molar-refractivity contribution in [2.75, 3.05) is 18.9 Å². The summed E-state index contributed by atoms with van der Waals surface area (Å²) in [6, 6.07) is 18.9. The van der Waals surface area contributed by atoms with Crippen molar-refractivity contribution >= 4 is 44.2 Å². The number of hydrogen-bond donors (Lipinski definition) is 2. The summed E-state index contributed by atoms with van der Waals surface area (Å²) in [5, 5.41) is 15.9. The first-order valence-corrected chi connectivity index (χ1v) is 14.9. The number of nitrogens with zero attached hydrogens (tertiary/aromatic N) is 5. The largest absolute Gasteiger partial charge is 0.417 e. The molecule has 0 fully saturated rings. The maximum atomic E-state index is 14.3. The zero-order valence-electron chi connectivity index (χ0n) is 23.8. The molecule has 9 nitrogen and oxygen atoms in total. The standard InChI is InChI=1S/C32H25BrF3N7O2/c1-37-28-22-9-8-21(15-26(22)39-40-28)42-29-20(13-18-5-3-2-4-6-18)16-38-43(29)27-17-41(12-11-23(27)31(42)45)30(44)19-7-10-25(33)24(14-19)32(34,35)36/h2-10,14-16H,11-13,17H2,1H3,(H2,37,39,40). The van der Waals surface area contributed by atoms with Crippen LogP contribution in [0.15, 0.2) is 82.2 Å². The van der Waals surface area contributed by atoms with Gasteiger partial charge in [-0.05, 0) is 48.4 Å². The van der Waals surface area contributed by atoms with E-state index in [4.69, 9.17) is 5.10 Å². The third kappa shape index (κ3) is 4.96. The normalized spacial score (nSPS) is 13.4. The van der Waals surface area contributed by atoms with Crippen molar-refractivity contribution in [3.63, 3.8) is 0 Å². The van der Waals surface area contributed by atoms with E-state index in [1.54, 1.807) is 22.3 Å². The lowest BCUT2D eigenvalue weighted by molar-refractivity contribution is -0.138. The molecule has 6 aromatic rings. The summed E-state index contributed by atoms with van der Waals surface area (Å²) in [4.78, 5) is 29.3. The van der Waals surface area contributed by atoms with Gasteiger partial charge >= 0.3 is 6.18 Å². The molecule has 3 aromatic carbocycles. The number of nitrogens with one attached hydrogen (secondary N) is 2. The van der Waals surface area contributed by atoms with E-state index in [-0.39, 0.29) is 35.1 Å². The van der Waals surface area contributed by atoms with E-state index in [0.29, 0.717) is 34.8 Å². The molecule has 1 aliphatic heterocycles. The summed E-state index contributed by atoms with van der Waals surface area (Å²) in [5.74, 6) is 0.129. The van der Waals surface area contributed by atoms with E-state index in [1.165, 1.54) is 17.0 Å². The third-order valence-corrected chi connectivity index (χ3v) is 8.84. The van der Waals surface area contributed by atoms with Crippen LogP contribution in [0.4, 0.5) is 19.0 Å².